The molecule has 23 heavy (non-hydrogen) atoms. The van der Waals surface area contributed by atoms with E-state index in [1.54, 1.807) is 24.4 Å². The smallest absolute Gasteiger partial charge is 0.231 e. The highest BCUT2D eigenvalue weighted by atomic mass is 16.3. The van der Waals surface area contributed by atoms with Crippen LogP contribution >= 0.6 is 0 Å². The van der Waals surface area contributed by atoms with E-state index in [0.717, 1.165) is 22.5 Å². The molecule has 3 N–H and O–H groups in total. The summed E-state index contributed by atoms with van der Waals surface area (Å²) in [6.45, 7) is 11.0. The summed E-state index contributed by atoms with van der Waals surface area (Å²) in [6, 6.07) is 8.56. The quantitative estimate of drug-likeness (QED) is 0.637. The van der Waals surface area contributed by atoms with Crippen molar-refractivity contribution in [3.63, 3.8) is 0 Å². The molecule has 0 bridgehead atoms. The Balaban J connectivity index is 1.98. The molecule has 2 aromatic heterocycles. The molecule has 6 heteroatoms. The number of phenolic OH excluding ortho intramolecular Hbond substituents is 1. The Morgan fingerprint density at radius 2 is 2.09 bits per heavy atom. The van der Waals surface area contributed by atoms with Crippen LogP contribution in [0.2, 0.25) is 0 Å². The van der Waals surface area contributed by atoms with Gasteiger partial charge in [0.2, 0.25) is 11.8 Å². The van der Waals surface area contributed by atoms with E-state index in [2.05, 4.69) is 25.1 Å². The summed E-state index contributed by atoms with van der Waals surface area (Å²) in [5, 5.41) is 12.6. The molecule has 6 nitrogen and oxygen atoms in total. The van der Waals surface area contributed by atoms with Gasteiger partial charge in [-0.15, -0.1) is 0 Å². The maximum absolute atomic E-state index is 9.51. The summed E-state index contributed by atoms with van der Waals surface area (Å²) in [7, 11) is 0. The van der Waals surface area contributed by atoms with E-state index >= 15 is 0 Å². The van der Waals surface area contributed by atoms with Crippen molar-refractivity contribution in [1.82, 2.24) is 15.0 Å². The van der Waals surface area contributed by atoms with E-state index in [9.17, 15) is 5.11 Å². The van der Waals surface area contributed by atoms with E-state index in [1.165, 1.54) is 0 Å². The number of anilines is 2. The van der Waals surface area contributed by atoms with E-state index in [-0.39, 0.29) is 5.75 Å². The number of nitrogens with one attached hydrogen (secondary N) is 2. The lowest BCUT2D eigenvalue weighted by molar-refractivity contribution is 0.475. The fourth-order valence-corrected chi connectivity index (χ4v) is 2.50. The standard InChI is InChI=1S/C17H15N5O/c1-10-15(11(2)20-16(10)18-3)14-7-8-19-17(22-14)21-12-5-4-6-13(23)9-12/h4-9,20,23H,1-2H3,(H,19,21,22). The number of hydrogen-bond acceptors (Lipinski definition) is 4. The lowest BCUT2D eigenvalue weighted by Crippen LogP contribution is -1.98. The predicted octanol–water partition coefficient (Wildman–Crippen LogP) is 4.09. The Bertz CT molecular complexity index is 908. The second kappa shape index (κ2) is 5.81. The third kappa shape index (κ3) is 2.85. The third-order valence-electron chi connectivity index (χ3n) is 3.54. The van der Waals surface area contributed by atoms with Gasteiger partial charge in [-0.25, -0.2) is 9.97 Å². The van der Waals surface area contributed by atoms with Gasteiger partial charge in [-0.3, -0.25) is 0 Å². The topological polar surface area (TPSA) is 78.2 Å². The van der Waals surface area contributed by atoms with Crippen LogP contribution in [0.3, 0.4) is 0 Å². The summed E-state index contributed by atoms with van der Waals surface area (Å²) >= 11 is 0. The average molecular weight is 305 g/mol. The second-order valence-electron chi connectivity index (χ2n) is 5.15. The zero-order valence-corrected chi connectivity index (χ0v) is 12.8. The monoisotopic (exact) mass is 305 g/mol. The highest BCUT2D eigenvalue weighted by Gasteiger charge is 2.15. The van der Waals surface area contributed by atoms with Gasteiger partial charge in [-0.1, -0.05) is 12.6 Å². The fraction of sp³-hybridized carbons (Fsp3) is 0.118. The minimum absolute atomic E-state index is 0.171. The van der Waals surface area contributed by atoms with Gasteiger partial charge in [-0.05, 0) is 37.6 Å². The van der Waals surface area contributed by atoms with Gasteiger partial charge in [0.15, 0.2) is 0 Å². The summed E-state index contributed by atoms with van der Waals surface area (Å²) in [6.07, 6.45) is 1.66. The summed E-state index contributed by atoms with van der Waals surface area (Å²) < 4.78 is 0. The Kier molecular flexibility index (Phi) is 3.69. The second-order valence-corrected chi connectivity index (χ2v) is 5.15. The Morgan fingerprint density at radius 1 is 1.26 bits per heavy atom. The first-order chi connectivity index (χ1) is 11.1. The SMILES string of the molecule is [C-]#[N+]c1[nH]c(C)c(-c2ccnc(Nc3cccc(O)c3)n2)c1C. The van der Waals surface area contributed by atoms with E-state index in [4.69, 9.17) is 6.57 Å². The first-order valence-corrected chi connectivity index (χ1v) is 7.04. The Labute approximate surface area is 133 Å². The van der Waals surface area contributed by atoms with Crippen molar-refractivity contribution in [2.24, 2.45) is 0 Å². The van der Waals surface area contributed by atoms with Crippen LogP contribution in [0.15, 0.2) is 36.5 Å². The molecule has 0 radical (unpaired) electrons. The normalized spacial score (nSPS) is 10.3. The largest absolute Gasteiger partial charge is 0.508 e. The number of hydrogen-bond donors (Lipinski definition) is 3. The number of nitrogens with zero attached hydrogens (tertiary/aromatic N) is 3. The first-order valence-electron chi connectivity index (χ1n) is 7.04. The molecule has 0 aliphatic carbocycles. The van der Waals surface area contributed by atoms with Crippen molar-refractivity contribution in [1.29, 1.82) is 0 Å². The van der Waals surface area contributed by atoms with Crippen molar-refractivity contribution < 1.29 is 5.11 Å². The van der Waals surface area contributed by atoms with Crippen molar-refractivity contribution in [2.75, 3.05) is 5.32 Å². The maximum Gasteiger partial charge on any atom is 0.231 e. The van der Waals surface area contributed by atoms with Crippen LogP contribution in [-0.4, -0.2) is 20.1 Å². The van der Waals surface area contributed by atoms with Crippen molar-refractivity contribution in [3.05, 3.63) is 59.2 Å². The number of aromatic hydroxyl groups is 1. The summed E-state index contributed by atoms with van der Waals surface area (Å²) in [4.78, 5) is 15.3. The number of phenols is 1. The van der Waals surface area contributed by atoms with Crippen molar-refractivity contribution in [2.45, 2.75) is 13.8 Å². The van der Waals surface area contributed by atoms with Gasteiger partial charge in [0.1, 0.15) is 5.75 Å². The lowest BCUT2D eigenvalue weighted by Gasteiger charge is -2.07. The molecule has 3 rings (SSSR count). The molecular weight excluding hydrogens is 290 g/mol. The van der Waals surface area contributed by atoms with Gasteiger partial charge in [0.05, 0.1) is 11.4 Å². The molecule has 0 saturated heterocycles. The van der Waals surface area contributed by atoms with Crippen molar-refractivity contribution >= 4 is 17.5 Å². The molecule has 0 aliphatic heterocycles. The van der Waals surface area contributed by atoms with Crippen LogP contribution in [0.4, 0.5) is 17.5 Å². The zero-order chi connectivity index (χ0) is 16.4. The van der Waals surface area contributed by atoms with Crippen LogP contribution in [0.25, 0.3) is 16.1 Å². The zero-order valence-electron chi connectivity index (χ0n) is 12.8. The molecule has 1 aromatic carbocycles. The Morgan fingerprint density at radius 3 is 2.78 bits per heavy atom. The van der Waals surface area contributed by atoms with Crippen LogP contribution < -0.4 is 5.32 Å². The summed E-state index contributed by atoms with van der Waals surface area (Å²) in [5.74, 6) is 1.13. The molecule has 0 aliphatic rings. The Hall–Kier alpha value is -3.33. The van der Waals surface area contributed by atoms with Gasteiger partial charge in [-0.2, -0.15) is 0 Å². The molecule has 2 heterocycles. The minimum Gasteiger partial charge on any atom is -0.508 e. The molecule has 0 amide bonds. The third-order valence-corrected chi connectivity index (χ3v) is 3.54. The highest BCUT2D eigenvalue weighted by Crippen LogP contribution is 2.32. The molecule has 114 valence electrons. The van der Waals surface area contributed by atoms with Crippen LogP contribution in [-0.2, 0) is 0 Å². The minimum atomic E-state index is 0.171. The average Bonchev–Trinajstić information content (AvgIpc) is 2.81. The van der Waals surface area contributed by atoms with E-state index < -0.39 is 0 Å². The number of aromatic nitrogens is 3. The van der Waals surface area contributed by atoms with Crippen molar-refractivity contribution in [3.8, 4) is 17.0 Å². The van der Waals surface area contributed by atoms with Crippen LogP contribution in [0.5, 0.6) is 5.75 Å². The molecule has 0 atom stereocenters. The van der Waals surface area contributed by atoms with Gasteiger partial charge in [0, 0.05) is 23.5 Å². The first kappa shape index (κ1) is 14.6. The maximum atomic E-state index is 9.51. The van der Waals surface area contributed by atoms with E-state index in [1.807, 2.05) is 26.0 Å². The number of aryl methyl sites for hydroxylation is 1. The molecule has 0 saturated carbocycles. The van der Waals surface area contributed by atoms with Crippen LogP contribution in [0, 0.1) is 20.4 Å². The highest BCUT2D eigenvalue weighted by molar-refractivity contribution is 5.74. The lowest BCUT2D eigenvalue weighted by atomic mass is 10.1. The number of benzene rings is 1. The van der Waals surface area contributed by atoms with Gasteiger partial charge < -0.3 is 20.3 Å². The molecule has 0 fully saturated rings. The number of aromatic amines is 1. The van der Waals surface area contributed by atoms with E-state index in [0.29, 0.717) is 17.5 Å². The molecule has 3 aromatic rings. The van der Waals surface area contributed by atoms with Crippen LogP contribution in [0.1, 0.15) is 11.3 Å². The predicted molar refractivity (Wildman–Crippen MR) is 88.9 cm³/mol. The molecule has 0 unspecified atom stereocenters. The molecular formula is C17H15N5O. The summed E-state index contributed by atoms with van der Waals surface area (Å²) in [5.41, 5.74) is 4.13. The number of H-pyrrole nitrogens is 1. The number of rotatable bonds is 3. The molecule has 0 spiro atoms. The fourth-order valence-electron chi connectivity index (χ4n) is 2.50. The van der Waals surface area contributed by atoms with Gasteiger partial charge >= 0.3 is 0 Å². The van der Waals surface area contributed by atoms with Gasteiger partial charge in [0.25, 0.3) is 0 Å².